The Labute approximate surface area is 171 Å². The van der Waals surface area contributed by atoms with E-state index in [9.17, 15) is 15.0 Å². The number of unbranched alkanes of at least 4 members (excludes halogenated alkanes) is 1. The molecule has 6 heteroatoms. The molecule has 5 nitrogen and oxygen atoms in total. The van der Waals surface area contributed by atoms with E-state index in [1.54, 1.807) is 0 Å². The molecule has 2 unspecified atom stereocenters. The molecule has 0 bridgehead atoms. The first-order valence-corrected chi connectivity index (χ1v) is 10.6. The van der Waals surface area contributed by atoms with Crippen LogP contribution in [-0.4, -0.2) is 25.7 Å². The van der Waals surface area contributed by atoms with Crippen molar-refractivity contribution in [1.29, 1.82) is 0 Å². The van der Waals surface area contributed by atoms with Crippen LogP contribution < -0.4 is 0 Å². The average Bonchev–Trinajstić information content (AvgIpc) is 3.01. The van der Waals surface area contributed by atoms with Gasteiger partial charge in [0.1, 0.15) is 5.82 Å². The lowest BCUT2D eigenvalue weighted by Crippen LogP contribution is -2.25. The van der Waals surface area contributed by atoms with Crippen LogP contribution in [0.3, 0.4) is 0 Å². The Morgan fingerprint density at radius 1 is 1.25 bits per heavy atom. The zero-order valence-corrected chi connectivity index (χ0v) is 17.2. The first kappa shape index (κ1) is 20.9. The van der Waals surface area contributed by atoms with Gasteiger partial charge in [-0.2, -0.15) is 0 Å². The standard InChI is InChI=1S/C22H29ClN2O3/c1-2-3-8-20-24-21(23)19(14-26)25(20)13-15-9-11-16(12-10-15)17-6-4-5-7-18(17)22(27)28/h9-12,17-18,26H,2-8,13-14H2,1H3,(H,27,28). The second kappa shape index (κ2) is 9.57. The summed E-state index contributed by atoms with van der Waals surface area (Å²) in [6, 6.07) is 8.23. The highest BCUT2D eigenvalue weighted by Crippen LogP contribution is 2.38. The lowest BCUT2D eigenvalue weighted by Gasteiger charge is -2.29. The van der Waals surface area contributed by atoms with E-state index in [0.717, 1.165) is 61.9 Å². The Morgan fingerprint density at radius 3 is 2.61 bits per heavy atom. The van der Waals surface area contributed by atoms with Crippen LogP contribution in [0, 0.1) is 5.92 Å². The lowest BCUT2D eigenvalue weighted by molar-refractivity contribution is -0.143. The molecule has 2 atom stereocenters. The number of aromatic nitrogens is 2. The molecule has 0 aliphatic heterocycles. The number of hydrogen-bond acceptors (Lipinski definition) is 3. The van der Waals surface area contributed by atoms with Crippen LogP contribution in [0.15, 0.2) is 24.3 Å². The number of rotatable bonds is 8. The number of nitrogens with zero attached hydrogens (tertiary/aromatic N) is 2. The van der Waals surface area contributed by atoms with Crippen molar-refractivity contribution in [2.45, 2.75) is 70.9 Å². The summed E-state index contributed by atoms with van der Waals surface area (Å²) in [4.78, 5) is 16.0. The number of aliphatic hydroxyl groups excluding tert-OH is 1. The molecule has 0 spiro atoms. The molecule has 1 saturated carbocycles. The second-order valence-electron chi connectivity index (χ2n) is 7.69. The van der Waals surface area contributed by atoms with E-state index in [-0.39, 0.29) is 18.4 Å². The molecule has 1 aromatic carbocycles. The highest BCUT2D eigenvalue weighted by molar-refractivity contribution is 6.30. The van der Waals surface area contributed by atoms with Crippen molar-refractivity contribution in [1.82, 2.24) is 9.55 Å². The summed E-state index contributed by atoms with van der Waals surface area (Å²) in [5.74, 6) is 0.0259. The van der Waals surface area contributed by atoms with Crippen LogP contribution in [0.25, 0.3) is 0 Å². The molecular weight excluding hydrogens is 376 g/mol. The van der Waals surface area contributed by atoms with E-state index in [1.807, 2.05) is 4.57 Å². The van der Waals surface area contributed by atoms with Crippen LogP contribution >= 0.6 is 11.6 Å². The van der Waals surface area contributed by atoms with Crippen molar-refractivity contribution in [2.24, 2.45) is 5.92 Å². The Kier molecular flexibility index (Phi) is 7.13. The van der Waals surface area contributed by atoms with Crippen molar-refractivity contribution in [3.63, 3.8) is 0 Å². The Bertz CT molecular complexity index is 801. The Balaban J connectivity index is 1.80. The van der Waals surface area contributed by atoms with Crippen LogP contribution in [-0.2, 0) is 24.4 Å². The van der Waals surface area contributed by atoms with Crippen LogP contribution in [0.5, 0.6) is 0 Å². The van der Waals surface area contributed by atoms with E-state index in [2.05, 4.69) is 36.2 Å². The number of carboxylic acids is 1. The summed E-state index contributed by atoms with van der Waals surface area (Å²) in [5, 5.41) is 19.6. The van der Waals surface area contributed by atoms with Gasteiger partial charge in [0, 0.05) is 13.0 Å². The van der Waals surface area contributed by atoms with Gasteiger partial charge in [0.25, 0.3) is 0 Å². The molecule has 1 aromatic heterocycles. The third-order valence-corrected chi connectivity index (χ3v) is 6.14. The number of halogens is 1. The number of aliphatic carboxylic acids is 1. The molecule has 1 aliphatic carbocycles. The van der Waals surface area contributed by atoms with Gasteiger partial charge < -0.3 is 14.8 Å². The number of aliphatic hydroxyl groups is 1. The molecule has 152 valence electrons. The first-order chi connectivity index (χ1) is 13.5. The predicted molar refractivity (Wildman–Crippen MR) is 110 cm³/mol. The monoisotopic (exact) mass is 404 g/mol. The van der Waals surface area contributed by atoms with E-state index in [1.165, 1.54) is 0 Å². The number of carbonyl (C=O) groups is 1. The van der Waals surface area contributed by atoms with Crippen molar-refractivity contribution >= 4 is 17.6 Å². The summed E-state index contributed by atoms with van der Waals surface area (Å²) >= 11 is 6.22. The highest BCUT2D eigenvalue weighted by Gasteiger charge is 2.31. The van der Waals surface area contributed by atoms with E-state index in [0.29, 0.717) is 17.4 Å². The number of aryl methyl sites for hydroxylation is 1. The largest absolute Gasteiger partial charge is 0.481 e. The van der Waals surface area contributed by atoms with Gasteiger partial charge in [-0.3, -0.25) is 4.79 Å². The molecule has 1 heterocycles. The normalized spacial score (nSPS) is 19.7. The molecule has 2 aromatic rings. The number of hydrogen-bond donors (Lipinski definition) is 2. The van der Waals surface area contributed by atoms with Gasteiger partial charge in [0.15, 0.2) is 5.15 Å². The zero-order valence-electron chi connectivity index (χ0n) is 16.4. The van der Waals surface area contributed by atoms with Crippen LogP contribution in [0.1, 0.15) is 74.0 Å². The molecule has 28 heavy (non-hydrogen) atoms. The fourth-order valence-corrected chi connectivity index (χ4v) is 4.51. The maximum atomic E-state index is 11.6. The zero-order chi connectivity index (χ0) is 20.1. The van der Waals surface area contributed by atoms with Gasteiger partial charge in [-0.1, -0.05) is 62.1 Å². The molecular formula is C22H29ClN2O3. The molecule has 2 N–H and O–H groups in total. The molecule has 3 rings (SSSR count). The number of carboxylic acid groups (broad SMARTS) is 1. The molecule has 0 amide bonds. The number of imidazole rings is 1. The molecule has 0 saturated heterocycles. The van der Waals surface area contributed by atoms with Crippen molar-refractivity contribution in [3.8, 4) is 0 Å². The maximum Gasteiger partial charge on any atom is 0.307 e. The number of benzene rings is 1. The van der Waals surface area contributed by atoms with Crippen molar-refractivity contribution < 1.29 is 15.0 Å². The minimum Gasteiger partial charge on any atom is -0.481 e. The van der Waals surface area contributed by atoms with Crippen molar-refractivity contribution in [2.75, 3.05) is 0 Å². The Morgan fingerprint density at radius 2 is 1.96 bits per heavy atom. The van der Waals surface area contributed by atoms with Crippen LogP contribution in [0.2, 0.25) is 5.15 Å². The minimum absolute atomic E-state index is 0.0936. The lowest BCUT2D eigenvalue weighted by atomic mass is 9.75. The molecule has 0 radical (unpaired) electrons. The van der Waals surface area contributed by atoms with Gasteiger partial charge in [0.05, 0.1) is 18.2 Å². The van der Waals surface area contributed by atoms with E-state index in [4.69, 9.17) is 11.6 Å². The fourth-order valence-electron chi connectivity index (χ4n) is 4.25. The summed E-state index contributed by atoms with van der Waals surface area (Å²) < 4.78 is 2.01. The predicted octanol–water partition coefficient (Wildman–Crippen LogP) is 4.78. The fraction of sp³-hybridized carbons (Fsp3) is 0.545. The van der Waals surface area contributed by atoms with E-state index >= 15 is 0 Å². The van der Waals surface area contributed by atoms with Gasteiger partial charge in [-0.15, -0.1) is 0 Å². The van der Waals surface area contributed by atoms with Gasteiger partial charge >= 0.3 is 5.97 Å². The smallest absolute Gasteiger partial charge is 0.307 e. The van der Waals surface area contributed by atoms with E-state index < -0.39 is 5.97 Å². The highest BCUT2D eigenvalue weighted by atomic mass is 35.5. The topological polar surface area (TPSA) is 75.4 Å². The summed E-state index contributed by atoms with van der Waals surface area (Å²) in [6.07, 6.45) is 6.70. The van der Waals surface area contributed by atoms with Crippen LogP contribution in [0.4, 0.5) is 0 Å². The first-order valence-electron chi connectivity index (χ1n) is 10.2. The third kappa shape index (κ3) is 4.58. The quantitative estimate of drug-likeness (QED) is 0.664. The minimum atomic E-state index is -0.685. The summed E-state index contributed by atoms with van der Waals surface area (Å²) in [6.45, 7) is 2.59. The average molecular weight is 405 g/mol. The van der Waals surface area contributed by atoms with Gasteiger partial charge in [0.2, 0.25) is 0 Å². The van der Waals surface area contributed by atoms with Gasteiger partial charge in [-0.05, 0) is 36.3 Å². The maximum absolute atomic E-state index is 11.6. The summed E-state index contributed by atoms with van der Waals surface area (Å²) in [5.41, 5.74) is 2.84. The van der Waals surface area contributed by atoms with Gasteiger partial charge in [-0.25, -0.2) is 4.98 Å². The summed E-state index contributed by atoms with van der Waals surface area (Å²) in [7, 11) is 0. The SMILES string of the molecule is CCCCc1nc(Cl)c(CO)n1Cc1ccc(C2CCCCC2C(=O)O)cc1. The third-order valence-electron chi connectivity index (χ3n) is 5.84. The molecule has 1 aliphatic rings. The van der Waals surface area contributed by atoms with Crippen molar-refractivity contribution in [3.05, 3.63) is 52.1 Å². The second-order valence-corrected chi connectivity index (χ2v) is 8.05. The Hall–Kier alpha value is -1.85. The molecule has 1 fully saturated rings.